The highest BCUT2D eigenvalue weighted by molar-refractivity contribution is 5.91. The highest BCUT2D eigenvalue weighted by Crippen LogP contribution is 2.26. The average molecular weight is 324 g/mol. The van der Waals surface area contributed by atoms with Crippen LogP contribution >= 0.6 is 0 Å². The van der Waals surface area contributed by atoms with Gasteiger partial charge < -0.3 is 15.7 Å². The zero-order chi connectivity index (χ0) is 16.9. The molecule has 4 heteroatoms. The zero-order valence-corrected chi connectivity index (χ0v) is 14.0. The monoisotopic (exact) mass is 324 g/mol. The van der Waals surface area contributed by atoms with E-state index in [9.17, 15) is 9.90 Å². The van der Waals surface area contributed by atoms with Gasteiger partial charge in [0.1, 0.15) is 5.75 Å². The fourth-order valence-electron chi connectivity index (χ4n) is 3.29. The number of anilines is 1. The van der Waals surface area contributed by atoms with Crippen LogP contribution in [0.3, 0.4) is 0 Å². The van der Waals surface area contributed by atoms with E-state index in [-0.39, 0.29) is 17.8 Å². The van der Waals surface area contributed by atoms with Crippen LogP contribution in [0.25, 0.3) is 0 Å². The van der Waals surface area contributed by atoms with Gasteiger partial charge in [-0.25, -0.2) is 4.79 Å². The SMILES string of the molecule is CCC(NC(=O)Nc1ccccc1O)c1ccc2c(c1)CCCC2. The summed E-state index contributed by atoms with van der Waals surface area (Å²) in [5, 5.41) is 15.5. The molecule has 0 saturated carbocycles. The Morgan fingerprint density at radius 2 is 1.88 bits per heavy atom. The molecule has 3 rings (SSSR count). The van der Waals surface area contributed by atoms with Gasteiger partial charge in [0.2, 0.25) is 0 Å². The first-order valence-corrected chi connectivity index (χ1v) is 8.64. The van der Waals surface area contributed by atoms with Gasteiger partial charge in [-0.2, -0.15) is 0 Å². The molecule has 0 saturated heterocycles. The number of aromatic hydroxyl groups is 1. The van der Waals surface area contributed by atoms with E-state index in [1.165, 1.54) is 24.0 Å². The molecule has 1 unspecified atom stereocenters. The van der Waals surface area contributed by atoms with Gasteiger partial charge in [-0.05, 0) is 60.9 Å². The van der Waals surface area contributed by atoms with Gasteiger partial charge in [-0.1, -0.05) is 37.3 Å². The molecule has 0 spiro atoms. The number of carbonyl (C=O) groups is 1. The molecule has 0 heterocycles. The Labute approximate surface area is 142 Å². The number of urea groups is 1. The minimum Gasteiger partial charge on any atom is -0.506 e. The van der Waals surface area contributed by atoms with E-state index in [2.05, 4.69) is 35.8 Å². The summed E-state index contributed by atoms with van der Waals surface area (Å²) in [7, 11) is 0. The molecule has 3 N–H and O–H groups in total. The van der Waals surface area contributed by atoms with Gasteiger partial charge >= 0.3 is 6.03 Å². The average Bonchev–Trinajstić information content (AvgIpc) is 2.61. The molecule has 1 aliphatic carbocycles. The number of para-hydroxylation sites is 2. The highest BCUT2D eigenvalue weighted by atomic mass is 16.3. The summed E-state index contributed by atoms with van der Waals surface area (Å²) < 4.78 is 0. The Hall–Kier alpha value is -2.49. The van der Waals surface area contributed by atoms with Crippen molar-refractivity contribution in [3.05, 3.63) is 59.2 Å². The lowest BCUT2D eigenvalue weighted by Crippen LogP contribution is -2.32. The van der Waals surface area contributed by atoms with E-state index in [1.54, 1.807) is 24.3 Å². The molecule has 24 heavy (non-hydrogen) atoms. The normalized spacial score (nSPS) is 14.5. The van der Waals surface area contributed by atoms with Crippen molar-refractivity contribution >= 4 is 11.7 Å². The minimum atomic E-state index is -0.305. The summed E-state index contributed by atoms with van der Waals surface area (Å²) >= 11 is 0. The zero-order valence-electron chi connectivity index (χ0n) is 14.0. The summed E-state index contributed by atoms with van der Waals surface area (Å²) in [6, 6.07) is 12.9. The van der Waals surface area contributed by atoms with Gasteiger partial charge in [0.25, 0.3) is 0 Å². The third-order valence-electron chi connectivity index (χ3n) is 4.64. The summed E-state index contributed by atoms with van der Waals surface area (Å²) in [5.74, 6) is 0.0643. The molecule has 0 aliphatic heterocycles. The van der Waals surface area contributed by atoms with E-state index >= 15 is 0 Å². The Morgan fingerprint density at radius 3 is 2.62 bits per heavy atom. The van der Waals surface area contributed by atoms with Crippen molar-refractivity contribution in [2.45, 2.75) is 45.1 Å². The van der Waals surface area contributed by atoms with Crippen LogP contribution in [0.15, 0.2) is 42.5 Å². The molecule has 0 fully saturated rings. The largest absolute Gasteiger partial charge is 0.506 e. The lowest BCUT2D eigenvalue weighted by atomic mass is 9.89. The van der Waals surface area contributed by atoms with E-state index < -0.39 is 0 Å². The number of aryl methyl sites for hydroxylation is 2. The fourth-order valence-corrected chi connectivity index (χ4v) is 3.29. The smallest absolute Gasteiger partial charge is 0.319 e. The molecule has 2 aromatic carbocycles. The number of nitrogens with one attached hydrogen (secondary N) is 2. The number of hydrogen-bond donors (Lipinski definition) is 3. The number of benzene rings is 2. The third-order valence-corrected chi connectivity index (χ3v) is 4.64. The molecule has 0 radical (unpaired) electrons. The molecule has 0 bridgehead atoms. The lowest BCUT2D eigenvalue weighted by Gasteiger charge is -2.22. The summed E-state index contributed by atoms with van der Waals surface area (Å²) in [5.41, 5.74) is 4.42. The van der Waals surface area contributed by atoms with Crippen molar-refractivity contribution in [1.29, 1.82) is 0 Å². The van der Waals surface area contributed by atoms with Crippen molar-refractivity contribution < 1.29 is 9.90 Å². The van der Waals surface area contributed by atoms with E-state index in [0.717, 1.165) is 24.8 Å². The van der Waals surface area contributed by atoms with Crippen molar-refractivity contribution in [3.63, 3.8) is 0 Å². The summed E-state index contributed by atoms with van der Waals surface area (Å²) in [4.78, 5) is 12.3. The number of phenols is 1. The molecule has 126 valence electrons. The molecule has 0 aromatic heterocycles. The standard InChI is InChI=1S/C20H24N2O2/c1-2-17(16-12-11-14-7-3-4-8-15(14)13-16)21-20(24)22-18-9-5-6-10-19(18)23/h5-6,9-13,17,23H,2-4,7-8H2,1H3,(H2,21,22,24). The van der Waals surface area contributed by atoms with E-state index in [4.69, 9.17) is 0 Å². The first-order chi connectivity index (χ1) is 11.7. The number of fused-ring (bicyclic) bond motifs is 1. The van der Waals surface area contributed by atoms with Gasteiger partial charge in [0.15, 0.2) is 0 Å². The Bertz CT molecular complexity index is 727. The topological polar surface area (TPSA) is 61.4 Å². The maximum absolute atomic E-state index is 12.3. The molecule has 2 amide bonds. The van der Waals surface area contributed by atoms with Crippen molar-refractivity contribution in [2.24, 2.45) is 0 Å². The molecule has 1 aliphatic rings. The Balaban J connectivity index is 1.70. The predicted octanol–water partition coefficient (Wildman–Crippen LogP) is 4.54. The Kier molecular flexibility index (Phi) is 5.04. The number of carbonyl (C=O) groups excluding carboxylic acids is 1. The maximum Gasteiger partial charge on any atom is 0.319 e. The second-order valence-corrected chi connectivity index (χ2v) is 6.31. The van der Waals surface area contributed by atoms with Crippen molar-refractivity contribution in [3.8, 4) is 5.75 Å². The number of amides is 2. The number of rotatable bonds is 4. The number of hydrogen-bond acceptors (Lipinski definition) is 2. The molecule has 4 nitrogen and oxygen atoms in total. The first-order valence-electron chi connectivity index (χ1n) is 8.64. The van der Waals surface area contributed by atoms with Crippen LogP contribution in [0.2, 0.25) is 0 Å². The Morgan fingerprint density at radius 1 is 1.12 bits per heavy atom. The van der Waals surface area contributed by atoms with Gasteiger partial charge in [-0.3, -0.25) is 0 Å². The predicted molar refractivity (Wildman–Crippen MR) is 96.4 cm³/mol. The molecular formula is C20H24N2O2. The van der Waals surface area contributed by atoms with Crippen LogP contribution in [-0.2, 0) is 12.8 Å². The van der Waals surface area contributed by atoms with Crippen LogP contribution in [0.4, 0.5) is 10.5 Å². The number of phenolic OH excluding ortho intramolecular Hbond substituents is 1. The van der Waals surface area contributed by atoms with Crippen LogP contribution < -0.4 is 10.6 Å². The van der Waals surface area contributed by atoms with Gasteiger partial charge in [0, 0.05) is 0 Å². The second kappa shape index (κ2) is 7.39. The van der Waals surface area contributed by atoms with Crippen LogP contribution in [0, 0.1) is 0 Å². The summed E-state index contributed by atoms with van der Waals surface area (Å²) in [6.07, 6.45) is 5.61. The van der Waals surface area contributed by atoms with Crippen LogP contribution in [0.1, 0.15) is 48.9 Å². The van der Waals surface area contributed by atoms with Crippen molar-refractivity contribution in [1.82, 2.24) is 5.32 Å². The molecule has 1 atom stereocenters. The van der Waals surface area contributed by atoms with Gasteiger partial charge in [0.05, 0.1) is 11.7 Å². The highest BCUT2D eigenvalue weighted by Gasteiger charge is 2.16. The maximum atomic E-state index is 12.3. The van der Waals surface area contributed by atoms with Crippen molar-refractivity contribution in [2.75, 3.05) is 5.32 Å². The van der Waals surface area contributed by atoms with Crippen LogP contribution in [-0.4, -0.2) is 11.1 Å². The van der Waals surface area contributed by atoms with Crippen LogP contribution in [0.5, 0.6) is 5.75 Å². The summed E-state index contributed by atoms with van der Waals surface area (Å²) in [6.45, 7) is 2.06. The molecular weight excluding hydrogens is 300 g/mol. The fraction of sp³-hybridized carbons (Fsp3) is 0.350. The third kappa shape index (κ3) is 3.70. The minimum absolute atomic E-state index is 0.0388. The lowest BCUT2D eigenvalue weighted by molar-refractivity contribution is 0.248. The second-order valence-electron chi connectivity index (χ2n) is 6.31. The molecule has 2 aromatic rings. The quantitative estimate of drug-likeness (QED) is 0.723. The van der Waals surface area contributed by atoms with E-state index in [0.29, 0.717) is 5.69 Å². The van der Waals surface area contributed by atoms with Gasteiger partial charge in [-0.15, -0.1) is 0 Å². The first kappa shape index (κ1) is 16.4. The van der Waals surface area contributed by atoms with E-state index in [1.807, 2.05) is 0 Å².